The van der Waals surface area contributed by atoms with Crippen LogP contribution in [0, 0.1) is 0 Å². The maximum Gasteiger partial charge on any atom is 0.223 e. The molecule has 0 radical (unpaired) electrons. The zero-order valence-electron chi connectivity index (χ0n) is 13.7. The summed E-state index contributed by atoms with van der Waals surface area (Å²) >= 11 is 0. The highest BCUT2D eigenvalue weighted by Gasteiger charge is 2.36. The summed E-state index contributed by atoms with van der Waals surface area (Å²) in [5, 5.41) is 8.00. The van der Waals surface area contributed by atoms with Crippen LogP contribution in [-0.4, -0.2) is 62.4 Å². The number of carbonyl (C=O) groups excluding carboxylic acids is 1. The topological polar surface area (TPSA) is 54.3 Å². The number of piperidine rings is 1. The predicted molar refractivity (Wildman–Crippen MR) is 84.3 cm³/mol. The average Bonchev–Trinajstić information content (AvgIpc) is 2.96. The summed E-state index contributed by atoms with van der Waals surface area (Å²) in [5.41, 5.74) is 0.903. The molecule has 6 nitrogen and oxygen atoms in total. The molecule has 0 N–H and O–H groups in total. The first-order chi connectivity index (χ1) is 10.7. The highest BCUT2D eigenvalue weighted by atomic mass is 16.2. The number of hydrogen-bond acceptors (Lipinski definition) is 4. The average molecular weight is 305 g/mol. The van der Waals surface area contributed by atoms with E-state index in [1.54, 1.807) is 4.68 Å². The zero-order chi connectivity index (χ0) is 15.5. The largest absolute Gasteiger partial charge is 0.337 e. The Hall–Kier alpha value is -1.43. The first kappa shape index (κ1) is 15.5. The van der Waals surface area contributed by atoms with Crippen molar-refractivity contribution in [1.29, 1.82) is 0 Å². The number of nitrogens with zero attached hydrogens (tertiary/aromatic N) is 5. The van der Waals surface area contributed by atoms with Gasteiger partial charge in [-0.1, -0.05) is 18.6 Å². The van der Waals surface area contributed by atoms with Crippen LogP contribution in [0.15, 0.2) is 6.20 Å². The molecule has 2 aliphatic rings. The van der Waals surface area contributed by atoms with Crippen molar-refractivity contribution < 1.29 is 4.79 Å². The van der Waals surface area contributed by atoms with Crippen LogP contribution < -0.4 is 0 Å². The standard InChI is InChI=1S/C16H27N5O/c1-3-14-11-20-9-5-4-6-15(20)12-21(14)16(22)8-7-13-10-19(2)18-17-13/h10,14-15H,3-9,11-12H2,1-2H3. The zero-order valence-corrected chi connectivity index (χ0v) is 13.7. The quantitative estimate of drug-likeness (QED) is 0.839. The lowest BCUT2D eigenvalue weighted by molar-refractivity contribution is -0.138. The molecule has 0 aliphatic carbocycles. The van der Waals surface area contributed by atoms with Crippen LogP contribution in [0.1, 0.15) is 44.7 Å². The van der Waals surface area contributed by atoms with Crippen molar-refractivity contribution in [3.63, 3.8) is 0 Å². The van der Waals surface area contributed by atoms with Gasteiger partial charge in [0.25, 0.3) is 0 Å². The molecule has 122 valence electrons. The second-order valence-corrected chi connectivity index (χ2v) is 6.64. The summed E-state index contributed by atoms with van der Waals surface area (Å²) in [6.07, 6.45) is 8.02. The fraction of sp³-hybridized carbons (Fsp3) is 0.812. The summed E-state index contributed by atoms with van der Waals surface area (Å²) in [7, 11) is 1.85. The van der Waals surface area contributed by atoms with E-state index in [0.717, 1.165) is 25.2 Å². The van der Waals surface area contributed by atoms with Crippen LogP contribution in [-0.2, 0) is 18.3 Å². The Morgan fingerprint density at radius 1 is 1.36 bits per heavy atom. The smallest absolute Gasteiger partial charge is 0.223 e. The van der Waals surface area contributed by atoms with Gasteiger partial charge in [0.2, 0.25) is 5.91 Å². The molecule has 2 unspecified atom stereocenters. The summed E-state index contributed by atoms with van der Waals surface area (Å²) < 4.78 is 1.69. The van der Waals surface area contributed by atoms with Gasteiger partial charge >= 0.3 is 0 Å². The SMILES string of the molecule is CCC1CN2CCCCC2CN1C(=O)CCc1cn(C)nn1. The molecule has 3 heterocycles. The number of aromatic nitrogens is 3. The van der Waals surface area contributed by atoms with Crippen molar-refractivity contribution in [3.05, 3.63) is 11.9 Å². The van der Waals surface area contributed by atoms with Gasteiger partial charge in [0, 0.05) is 51.3 Å². The van der Waals surface area contributed by atoms with E-state index in [4.69, 9.17) is 0 Å². The van der Waals surface area contributed by atoms with Gasteiger partial charge in [-0.2, -0.15) is 0 Å². The fourth-order valence-electron chi connectivity index (χ4n) is 3.80. The molecule has 3 rings (SSSR count). The summed E-state index contributed by atoms with van der Waals surface area (Å²) in [6.45, 7) is 5.37. The van der Waals surface area contributed by atoms with Gasteiger partial charge in [0.1, 0.15) is 0 Å². The Bertz CT molecular complexity index is 514. The fourth-order valence-corrected chi connectivity index (χ4v) is 3.80. The minimum absolute atomic E-state index is 0.280. The third-order valence-corrected chi connectivity index (χ3v) is 5.08. The number of piperazine rings is 1. The molecule has 0 spiro atoms. The van der Waals surface area contributed by atoms with Crippen molar-refractivity contribution in [2.45, 2.75) is 57.5 Å². The van der Waals surface area contributed by atoms with E-state index < -0.39 is 0 Å². The van der Waals surface area contributed by atoms with Crippen LogP contribution >= 0.6 is 0 Å². The molecule has 1 aromatic rings. The van der Waals surface area contributed by atoms with Gasteiger partial charge < -0.3 is 4.90 Å². The van der Waals surface area contributed by atoms with Crippen LogP contribution in [0.25, 0.3) is 0 Å². The molecule has 2 aliphatic heterocycles. The van der Waals surface area contributed by atoms with E-state index >= 15 is 0 Å². The number of carbonyl (C=O) groups is 1. The molecule has 2 fully saturated rings. The van der Waals surface area contributed by atoms with Crippen LogP contribution in [0.3, 0.4) is 0 Å². The molecule has 0 bridgehead atoms. The third-order valence-electron chi connectivity index (χ3n) is 5.08. The van der Waals surface area contributed by atoms with E-state index in [0.29, 0.717) is 24.9 Å². The number of fused-ring (bicyclic) bond motifs is 1. The second-order valence-electron chi connectivity index (χ2n) is 6.64. The minimum atomic E-state index is 0.280. The van der Waals surface area contributed by atoms with Crippen molar-refractivity contribution in [2.75, 3.05) is 19.6 Å². The number of aryl methyl sites for hydroxylation is 2. The lowest BCUT2D eigenvalue weighted by Crippen LogP contribution is -2.60. The first-order valence-electron chi connectivity index (χ1n) is 8.56. The van der Waals surface area contributed by atoms with Gasteiger partial charge in [-0.05, 0) is 25.8 Å². The van der Waals surface area contributed by atoms with E-state index in [-0.39, 0.29) is 5.91 Å². The molecule has 0 saturated carbocycles. The lowest BCUT2D eigenvalue weighted by Gasteiger charge is -2.48. The normalized spacial score (nSPS) is 26.0. The van der Waals surface area contributed by atoms with E-state index in [1.807, 2.05) is 13.2 Å². The summed E-state index contributed by atoms with van der Waals surface area (Å²) in [6, 6.07) is 0.959. The van der Waals surface area contributed by atoms with Crippen LogP contribution in [0.2, 0.25) is 0 Å². The van der Waals surface area contributed by atoms with Crippen molar-refractivity contribution in [3.8, 4) is 0 Å². The molecular formula is C16H27N5O. The summed E-state index contributed by atoms with van der Waals surface area (Å²) in [5.74, 6) is 0.280. The van der Waals surface area contributed by atoms with Crippen LogP contribution in [0.4, 0.5) is 0 Å². The molecule has 2 atom stereocenters. The third kappa shape index (κ3) is 3.32. The Morgan fingerprint density at radius 2 is 2.23 bits per heavy atom. The van der Waals surface area contributed by atoms with Gasteiger partial charge in [-0.15, -0.1) is 5.10 Å². The molecule has 2 saturated heterocycles. The van der Waals surface area contributed by atoms with E-state index in [9.17, 15) is 4.79 Å². The summed E-state index contributed by atoms with van der Waals surface area (Å²) in [4.78, 5) is 17.4. The molecule has 6 heteroatoms. The molecular weight excluding hydrogens is 278 g/mol. The van der Waals surface area contributed by atoms with Crippen molar-refractivity contribution in [1.82, 2.24) is 24.8 Å². The highest BCUT2D eigenvalue weighted by Crippen LogP contribution is 2.25. The van der Waals surface area contributed by atoms with Gasteiger partial charge in [0.15, 0.2) is 0 Å². The van der Waals surface area contributed by atoms with Gasteiger partial charge in [-0.25, -0.2) is 0 Å². The lowest BCUT2D eigenvalue weighted by atomic mass is 9.95. The minimum Gasteiger partial charge on any atom is -0.337 e. The molecule has 0 aromatic carbocycles. The Labute approximate surface area is 132 Å². The molecule has 1 aromatic heterocycles. The number of hydrogen-bond donors (Lipinski definition) is 0. The van der Waals surface area contributed by atoms with Crippen molar-refractivity contribution in [2.24, 2.45) is 7.05 Å². The highest BCUT2D eigenvalue weighted by molar-refractivity contribution is 5.77. The van der Waals surface area contributed by atoms with Gasteiger partial charge in [-0.3, -0.25) is 14.4 Å². The van der Waals surface area contributed by atoms with Gasteiger partial charge in [0.05, 0.1) is 5.69 Å². The van der Waals surface area contributed by atoms with E-state index in [1.165, 1.54) is 25.8 Å². The Balaban J connectivity index is 1.59. The van der Waals surface area contributed by atoms with Crippen molar-refractivity contribution >= 4 is 5.91 Å². The Kier molecular flexibility index (Phi) is 4.76. The first-order valence-corrected chi connectivity index (χ1v) is 8.56. The van der Waals surface area contributed by atoms with E-state index in [2.05, 4.69) is 27.0 Å². The maximum absolute atomic E-state index is 12.7. The Morgan fingerprint density at radius 3 is 2.95 bits per heavy atom. The predicted octanol–water partition coefficient (Wildman–Crippen LogP) is 1.22. The number of amides is 1. The maximum atomic E-state index is 12.7. The second kappa shape index (κ2) is 6.77. The molecule has 1 amide bonds. The monoisotopic (exact) mass is 305 g/mol. The number of rotatable bonds is 4. The van der Waals surface area contributed by atoms with Crippen LogP contribution in [0.5, 0.6) is 0 Å². The molecule has 22 heavy (non-hydrogen) atoms.